The predicted molar refractivity (Wildman–Crippen MR) is 112 cm³/mol. The van der Waals surface area contributed by atoms with Crippen LogP contribution in [0.3, 0.4) is 0 Å². The highest BCUT2D eigenvalue weighted by Gasteiger charge is 2.29. The fourth-order valence-corrected chi connectivity index (χ4v) is 3.98. The second-order valence-corrected chi connectivity index (χ2v) is 7.60. The van der Waals surface area contributed by atoms with Crippen molar-refractivity contribution in [3.05, 3.63) is 84.0 Å². The number of likely N-dealkylation sites (tertiary alicyclic amines) is 1. The van der Waals surface area contributed by atoms with Crippen LogP contribution < -0.4 is 0 Å². The molecule has 1 saturated heterocycles. The van der Waals surface area contributed by atoms with Crippen LogP contribution in [0.1, 0.15) is 35.0 Å². The van der Waals surface area contributed by atoms with Crippen LogP contribution in [0.5, 0.6) is 0 Å². The van der Waals surface area contributed by atoms with E-state index in [0.29, 0.717) is 36.0 Å². The molecule has 30 heavy (non-hydrogen) atoms. The summed E-state index contributed by atoms with van der Waals surface area (Å²) in [5.74, 6) is 0.579. The van der Waals surface area contributed by atoms with Crippen molar-refractivity contribution in [1.29, 1.82) is 0 Å². The monoisotopic (exact) mass is 401 g/mol. The zero-order valence-corrected chi connectivity index (χ0v) is 16.3. The maximum Gasteiger partial charge on any atom is 0.253 e. The highest BCUT2D eigenvalue weighted by atomic mass is 19.1. The molecule has 0 aliphatic carbocycles. The van der Waals surface area contributed by atoms with Gasteiger partial charge in [-0.15, -0.1) is 10.2 Å². The van der Waals surface area contributed by atoms with Gasteiger partial charge in [0, 0.05) is 24.2 Å². The normalized spacial score (nSPS) is 16.7. The SMILES string of the molecule is O=C(c1ccc2ccccc2c1)N1CCCC(c2nnc(-c3ccc(F)cc3)o2)C1. The number of hydrogen-bond acceptors (Lipinski definition) is 4. The molecule has 0 saturated carbocycles. The van der Waals surface area contributed by atoms with Gasteiger partial charge in [0.15, 0.2) is 0 Å². The van der Waals surface area contributed by atoms with Crippen LogP contribution in [0.4, 0.5) is 4.39 Å². The van der Waals surface area contributed by atoms with Crippen molar-refractivity contribution in [1.82, 2.24) is 15.1 Å². The molecular weight excluding hydrogens is 381 g/mol. The van der Waals surface area contributed by atoms with Crippen molar-refractivity contribution >= 4 is 16.7 Å². The van der Waals surface area contributed by atoms with E-state index >= 15 is 0 Å². The zero-order valence-electron chi connectivity index (χ0n) is 16.3. The average molecular weight is 401 g/mol. The first kappa shape index (κ1) is 18.5. The van der Waals surface area contributed by atoms with E-state index in [1.165, 1.54) is 12.1 Å². The second kappa shape index (κ2) is 7.71. The van der Waals surface area contributed by atoms with E-state index in [9.17, 15) is 9.18 Å². The van der Waals surface area contributed by atoms with E-state index < -0.39 is 0 Å². The molecule has 3 aromatic carbocycles. The second-order valence-electron chi connectivity index (χ2n) is 7.60. The van der Waals surface area contributed by atoms with Gasteiger partial charge in [-0.1, -0.05) is 30.3 Å². The summed E-state index contributed by atoms with van der Waals surface area (Å²) in [6.45, 7) is 1.25. The molecule has 1 aromatic heterocycles. The molecular formula is C24H20FN3O2. The van der Waals surface area contributed by atoms with Crippen molar-refractivity contribution < 1.29 is 13.6 Å². The molecule has 1 amide bonds. The summed E-state index contributed by atoms with van der Waals surface area (Å²) < 4.78 is 19.0. The van der Waals surface area contributed by atoms with Crippen molar-refractivity contribution in [2.75, 3.05) is 13.1 Å². The van der Waals surface area contributed by atoms with E-state index in [2.05, 4.69) is 10.2 Å². The van der Waals surface area contributed by atoms with Gasteiger partial charge in [-0.3, -0.25) is 4.79 Å². The highest BCUT2D eigenvalue weighted by molar-refractivity contribution is 5.98. The zero-order chi connectivity index (χ0) is 20.5. The number of carbonyl (C=O) groups is 1. The van der Waals surface area contributed by atoms with Gasteiger partial charge in [0.1, 0.15) is 5.82 Å². The minimum Gasteiger partial charge on any atom is -0.420 e. The van der Waals surface area contributed by atoms with Gasteiger partial charge in [0.2, 0.25) is 11.8 Å². The molecule has 1 unspecified atom stereocenters. The Morgan fingerprint density at radius 1 is 1.00 bits per heavy atom. The number of rotatable bonds is 3. The first-order chi connectivity index (χ1) is 14.7. The Kier molecular flexibility index (Phi) is 4.75. The quantitative estimate of drug-likeness (QED) is 0.482. The van der Waals surface area contributed by atoms with E-state index in [1.807, 2.05) is 47.4 Å². The smallest absolute Gasteiger partial charge is 0.253 e. The summed E-state index contributed by atoms with van der Waals surface area (Å²) in [4.78, 5) is 15.0. The number of aromatic nitrogens is 2. The van der Waals surface area contributed by atoms with Crippen LogP contribution in [0, 0.1) is 5.82 Å². The van der Waals surface area contributed by atoms with Gasteiger partial charge < -0.3 is 9.32 Å². The van der Waals surface area contributed by atoms with Crippen LogP contribution >= 0.6 is 0 Å². The van der Waals surface area contributed by atoms with Gasteiger partial charge in [-0.2, -0.15) is 0 Å². The van der Waals surface area contributed by atoms with Gasteiger partial charge in [0.25, 0.3) is 5.91 Å². The molecule has 2 heterocycles. The molecule has 1 atom stereocenters. The lowest BCUT2D eigenvalue weighted by molar-refractivity contribution is 0.0698. The van der Waals surface area contributed by atoms with Crippen molar-refractivity contribution in [3.8, 4) is 11.5 Å². The first-order valence-electron chi connectivity index (χ1n) is 10.0. The molecule has 5 rings (SSSR count). The average Bonchev–Trinajstić information content (AvgIpc) is 3.29. The Bertz CT molecular complexity index is 1200. The lowest BCUT2D eigenvalue weighted by atomic mass is 9.97. The maximum atomic E-state index is 13.1. The standard InChI is InChI=1S/C24H20FN3O2/c25-21-11-9-17(10-12-21)22-26-27-23(30-22)20-6-3-13-28(15-20)24(29)19-8-7-16-4-1-2-5-18(16)14-19/h1-2,4-5,7-12,14,20H,3,6,13,15H2. The van der Waals surface area contributed by atoms with Crippen molar-refractivity contribution in [2.24, 2.45) is 0 Å². The predicted octanol–water partition coefficient (Wildman–Crippen LogP) is 5.05. The Hall–Kier alpha value is -3.54. The highest BCUT2D eigenvalue weighted by Crippen LogP contribution is 2.29. The number of benzene rings is 3. The molecule has 1 fully saturated rings. The van der Waals surface area contributed by atoms with Gasteiger partial charge in [-0.25, -0.2) is 4.39 Å². The third-order valence-electron chi connectivity index (χ3n) is 5.59. The summed E-state index contributed by atoms with van der Waals surface area (Å²) >= 11 is 0. The Balaban J connectivity index is 1.34. The molecule has 1 aliphatic rings. The third kappa shape index (κ3) is 3.56. The molecule has 0 spiro atoms. The number of nitrogens with zero attached hydrogens (tertiary/aromatic N) is 3. The number of fused-ring (bicyclic) bond motifs is 1. The topological polar surface area (TPSA) is 59.2 Å². The molecule has 0 radical (unpaired) electrons. The largest absolute Gasteiger partial charge is 0.420 e. The van der Waals surface area contributed by atoms with E-state index in [0.717, 1.165) is 23.6 Å². The number of piperidine rings is 1. The van der Waals surface area contributed by atoms with Crippen molar-refractivity contribution in [3.63, 3.8) is 0 Å². The summed E-state index contributed by atoms with van der Waals surface area (Å²) in [6.07, 6.45) is 1.75. The minimum atomic E-state index is -0.311. The maximum absolute atomic E-state index is 13.1. The minimum absolute atomic E-state index is 0.00939. The Morgan fingerprint density at radius 3 is 2.63 bits per heavy atom. The molecule has 150 valence electrons. The number of carbonyl (C=O) groups excluding carboxylic acids is 1. The van der Waals surface area contributed by atoms with Gasteiger partial charge in [0.05, 0.1) is 5.92 Å². The molecule has 0 bridgehead atoms. The first-order valence-corrected chi connectivity index (χ1v) is 10.0. The lowest BCUT2D eigenvalue weighted by Crippen LogP contribution is -2.39. The van der Waals surface area contributed by atoms with Gasteiger partial charge >= 0.3 is 0 Å². The Morgan fingerprint density at radius 2 is 1.80 bits per heavy atom. The number of halogens is 1. The fraction of sp³-hybridized carbons (Fsp3) is 0.208. The third-order valence-corrected chi connectivity index (χ3v) is 5.59. The molecule has 0 N–H and O–H groups in total. The van der Waals surface area contributed by atoms with Crippen molar-refractivity contribution in [2.45, 2.75) is 18.8 Å². The summed E-state index contributed by atoms with van der Waals surface area (Å²) in [5, 5.41) is 10.5. The summed E-state index contributed by atoms with van der Waals surface area (Å²) in [7, 11) is 0. The van der Waals surface area contributed by atoms with E-state index in [-0.39, 0.29) is 17.6 Å². The lowest BCUT2D eigenvalue weighted by Gasteiger charge is -2.31. The molecule has 1 aliphatic heterocycles. The number of hydrogen-bond donors (Lipinski definition) is 0. The summed E-state index contributed by atoms with van der Waals surface area (Å²) in [5.41, 5.74) is 1.36. The van der Waals surface area contributed by atoms with E-state index in [4.69, 9.17) is 4.42 Å². The Labute approximate surface area is 173 Å². The molecule has 4 aromatic rings. The van der Waals surface area contributed by atoms with E-state index in [1.54, 1.807) is 12.1 Å². The van der Waals surface area contributed by atoms with Crippen LogP contribution in [-0.2, 0) is 0 Å². The van der Waals surface area contributed by atoms with Crippen LogP contribution in [0.2, 0.25) is 0 Å². The van der Waals surface area contributed by atoms with Crippen LogP contribution in [0.25, 0.3) is 22.2 Å². The van der Waals surface area contributed by atoms with Crippen LogP contribution in [0.15, 0.2) is 71.1 Å². The molecule has 5 nitrogen and oxygen atoms in total. The van der Waals surface area contributed by atoms with Gasteiger partial charge in [-0.05, 0) is 60.0 Å². The van der Waals surface area contributed by atoms with Crippen LogP contribution in [-0.4, -0.2) is 34.1 Å². The summed E-state index contributed by atoms with van der Waals surface area (Å²) in [6, 6.07) is 19.8. The molecule has 6 heteroatoms. The number of amides is 1. The fourth-order valence-electron chi connectivity index (χ4n) is 3.98.